The number of hydroxylamine groups is 3. The number of hydrogen-bond acceptors (Lipinski definition) is 6. The summed E-state index contributed by atoms with van der Waals surface area (Å²) in [6, 6.07) is 0. The predicted molar refractivity (Wildman–Crippen MR) is 130 cm³/mol. The van der Waals surface area contributed by atoms with Gasteiger partial charge in [-0.15, -0.1) is 0 Å². The smallest absolute Gasteiger partial charge is 0.435 e. The van der Waals surface area contributed by atoms with E-state index in [-0.39, 0.29) is 17.2 Å². The molecule has 0 aromatic rings. The van der Waals surface area contributed by atoms with Crippen LogP contribution < -0.4 is 0 Å². The Kier molecular flexibility index (Phi) is 18.6. The molecule has 0 fully saturated rings. The Morgan fingerprint density at radius 1 is 0.781 bits per heavy atom. The van der Waals surface area contributed by atoms with Gasteiger partial charge in [0.15, 0.2) is 0 Å². The quantitative estimate of drug-likeness (QED) is 0.0398. The fraction of sp³-hybridized carbons (Fsp3) is 0.958. The van der Waals surface area contributed by atoms with Gasteiger partial charge in [-0.05, 0) is 13.3 Å². The number of quaternary nitrogens is 1. The van der Waals surface area contributed by atoms with Crippen molar-refractivity contribution in [1.29, 1.82) is 0 Å². The fourth-order valence-electron chi connectivity index (χ4n) is 3.35. The molecule has 0 N–H and O–H groups in total. The first-order valence-electron chi connectivity index (χ1n) is 12.8. The lowest BCUT2D eigenvalue weighted by Gasteiger charge is -2.27. The second kappa shape index (κ2) is 18.9. The van der Waals surface area contributed by atoms with E-state index in [0.717, 1.165) is 19.3 Å². The van der Waals surface area contributed by atoms with Crippen LogP contribution in [0.3, 0.4) is 0 Å². The maximum absolute atomic E-state index is 12.8. The van der Waals surface area contributed by atoms with Crippen LogP contribution in [0.4, 0.5) is 0 Å². The molecule has 8 heteroatoms. The zero-order valence-electron chi connectivity index (χ0n) is 21.7. The molecule has 0 aromatic heterocycles. The Balaban J connectivity index is 3.93. The molecule has 0 saturated heterocycles. The first-order valence-corrected chi connectivity index (χ1v) is 14.3. The van der Waals surface area contributed by atoms with E-state index < -0.39 is 14.1 Å². The normalized spacial score (nSPS) is 14.8. The van der Waals surface area contributed by atoms with Gasteiger partial charge in [0.05, 0.1) is 27.7 Å². The van der Waals surface area contributed by atoms with Crippen LogP contribution in [-0.2, 0) is 27.8 Å². The predicted octanol–water partition coefficient (Wildman–Crippen LogP) is 7.55. The summed E-state index contributed by atoms with van der Waals surface area (Å²) in [5.41, 5.74) is 0. The Morgan fingerprint density at radius 3 is 1.66 bits per heavy atom. The molecular weight excluding hydrogens is 429 g/mol. The molecule has 0 aliphatic heterocycles. The monoisotopic (exact) mass is 480 g/mol. The van der Waals surface area contributed by atoms with E-state index in [1.54, 1.807) is 35.0 Å². The number of carbonyl (C=O) groups excluding carboxylic acids is 1. The number of nitrogens with zero attached hydrogens (tertiary/aromatic N) is 1. The van der Waals surface area contributed by atoms with Crippen LogP contribution in [0, 0.1) is 0 Å². The Bertz CT molecular complexity index is 509. The first kappa shape index (κ1) is 31.5. The van der Waals surface area contributed by atoms with Crippen molar-refractivity contribution in [2.24, 2.45) is 0 Å². The van der Waals surface area contributed by atoms with Gasteiger partial charge in [0, 0.05) is 12.8 Å². The summed E-state index contributed by atoms with van der Waals surface area (Å²) in [7, 11) is 1.28. The number of hydrogen-bond donors (Lipinski definition) is 0. The second-order valence-electron chi connectivity index (χ2n) is 9.26. The van der Waals surface area contributed by atoms with Crippen LogP contribution in [0.25, 0.3) is 0 Å². The van der Waals surface area contributed by atoms with Crippen LogP contribution in [0.5, 0.6) is 0 Å². The highest BCUT2D eigenvalue weighted by molar-refractivity contribution is 7.48. The van der Waals surface area contributed by atoms with E-state index in [0.29, 0.717) is 12.8 Å². The van der Waals surface area contributed by atoms with Crippen molar-refractivity contribution >= 4 is 13.8 Å². The molecule has 2 atom stereocenters. The number of phosphoric acid groups is 1. The van der Waals surface area contributed by atoms with Gasteiger partial charge >= 0.3 is 13.8 Å². The number of ether oxygens (including phenoxy) is 1. The van der Waals surface area contributed by atoms with Gasteiger partial charge < -0.3 is 4.74 Å². The molecule has 0 aliphatic carbocycles. The summed E-state index contributed by atoms with van der Waals surface area (Å²) in [6.07, 6.45) is 16.1. The largest absolute Gasteiger partial charge is 0.524 e. The molecule has 0 saturated carbocycles. The number of carbonyl (C=O) groups is 1. The molecule has 0 heterocycles. The molecule has 0 aliphatic rings. The molecule has 0 rings (SSSR count). The lowest BCUT2D eigenvalue weighted by atomic mass is 10.0. The number of phosphoric ester groups is 1. The van der Waals surface area contributed by atoms with Gasteiger partial charge in [0.25, 0.3) is 0 Å². The molecule has 0 aromatic carbocycles. The summed E-state index contributed by atoms with van der Waals surface area (Å²) >= 11 is 0. The lowest BCUT2D eigenvalue weighted by Crippen LogP contribution is -2.34. The van der Waals surface area contributed by atoms with Crippen LogP contribution in [0.1, 0.15) is 117 Å². The fourth-order valence-corrected chi connectivity index (χ4v) is 4.89. The van der Waals surface area contributed by atoms with E-state index in [2.05, 4.69) is 6.92 Å². The topological polar surface area (TPSA) is 71.1 Å². The molecule has 2 unspecified atom stereocenters. The third-order valence-electron chi connectivity index (χ3n) is 4.96. The minimum absolute atomic E-state index is 0.0549. The zero-order valence-corrected chi connectivity index (χ0v) is 22.6. The van der Waals surface area contributed by atoms with Crippen molar-refractivity contribution in [3.63, 3.8) is 0 Å². The lowest BCUT2D eigenvalue weighted by molar-refractivity contribution is -1.04. The molecule has 7 nitrogen and oxygen atoms in total. The van der Waals surface area contributed by atoms with Crippen molar-refractivity contribution in [3.8, 4) is 0 Å². The van der Waals surface area contributed by atoms with E-state index >= 15 is 0 Å². The SMILES string of the molecule is CCCCCCCCCCCCCCCC(=O)OC(CC)OP(=O)(OCC)O[N+](C)(C)C. The molecule has 0 radical (unpaired) electrons. The van der Waals surface area contributed by atoms with Crippen LogP contribution in [0.15, 0.2) is 0 Å². The molecule has 0 spiro atoms. The maximum Gasteiger partial charge on any atom is 0.524 e. The van der Waals surface area contributed by atoms with Gasteiger partial charge in [-0.1, -0.05) is 95.5 Å². The second-order valence-corrected chi connectivity index (χ2v) is 10.8. The summed E-state index contributed by atoms with van der Waals surface area (Å²) in [6.45, 7) is 5.92. The van der Waals surface area contributed by atoms with Gasteiger partial charge in [0.1, 0.15) is 0 Å². The molecule has 0 bridgehead atoms. The average Bonchev–Trinajstić information content (AvgIpc) is 2.69. The summed E-state index contributed by atoms with van der Waals surface area (Å²) < 4.78 is 34.2. The van der Waals surface area contributed by atoms with Gasteiger partial charge in [-0.3, -0.25) is 9.32 Å². The number of unbranched alkanes of at least 4 members (excludes halogenated alkanes) is 12. The molecular formula is C24H51NO6P+. The Labute approximate surface area is 197 Å². The minimum atomic E-state index is -3.83. The van der Waals surface area contributed by atoms with Crippen LogP contribution in [0.2, 0.25) is 0 Å². The van der Waals surface area contributed by atoms with Crippen LogP contribution >= 0.6 is 7.82 Å². The maximum atomic E-state index is 12.8. The van der Waals surface area contributed by atoms with Crippen molar-refractivity contribution < 1.29 is 32.4 Å². The van der Waals surface area contributed by atoms with E-state index in [9.17, 15) is 9.36 Å². The van der Waals surface area contributed by atoms with Gasteiger partial charge in [-0.2, -0.15) is 4.65 Å². The summed E-state index contributed by atoms with van der Waals surface area (Å²) in [5.74, 6) is -0.340. The third-order valence-corrected chi connectivity index (χ3v) is 6.72. The first-order chi connectivity index (χ1) is 15.2. The molecule has 192 valence electrons. The van der Waals surface area contributed by atoms with Crippen molar-refractivity contribution in [3.05, 3.63) is 0 Å². The van der Waals surface area contributed by atoms with Crippen molar-refractivity contribution in [1.82, 2.24) is 0 Å². The summed E-state index contributed by atoms with van der Waals surface area (Å²) in [5, 5.41) is 0. The highest BCUT2D eigenvalue weighted by Gasteiger charge is 2.38. The Hall–Kier alpha value is -0.460. The third kappa shape index (κ3) is 19.0. The zero-order chi connectivity index (χ0) is 24.3. The van der Waals surface area contributed by atoms with E-state index in [1.165, 1.54) is 64.2 Å². The average molecular weight is 481 g/mol. The summed E-state index contributed by atoms with van der Waals surface area (Å²) in [4.78, 5) is 12.2. The van der Waals surface area contributed by atoms with Crippen LogP contribution in [-0.4, -0.2) is 44.7 Å². The standard InChI is InChI=1S/C24H51NO6P/c1-7-10-11-12-13-14-15-16-17-18-19-20-21-22-23(26)29-24(8-2)30-32(27,28-9-3)31-25(4,5)6/h24H,7-22H2,1-6H3/q+1. The Morgan fingerprint density at radius 2 is 1.25 bits per heavy atom. The van der Waals surface area contributed by atoms with Crippen molar-refractivity contribution in [2.45, 2.75) is 123 Å². The van der Waals surface area contributed by atoms with Crippen molar-refractivity contribution in [2.75, 3.05) is 27.7 Å². The van der Waals surface area contributed by atoms with Gasteiger partial charge in [0.2, 0.25) is 6.29 Å². The van der Waals surface area contributed by atoms with E-state index in [1.807, 2.05) is 0 Å². The van der Waals surface area contributed by atoms with Gasteiger partial charge in [-0.25, -0.2) is 9.09 Å². The van der Waals surface area contributed by atoms with E-state index in [4.69, 9.17) is 18.4 Å². The number of esters is 1. The number of rotatable bonds is 22. The minimum Gasteiger partial charge on any atom is -0.435 e. The molecule has 32 heavy (non-hydrogen) atoms. The highest BCUT2D eigenvalue weighted by Crippen LogP contribution is 2.52. The highest BCUT2D eigenvalue weighted by atomic mass is 31.2. The molecule has 0 amide bonds.